The predicted molar refractivity (Wildman–Crippen MR) is 82.5 cm³/mol. The van der Waals surface area contributed by atoms with Gasteiger partial charge in [0.25, 0.3) is 5.91 Å². The SMILES string of the molecule is O=C(c1ccc2c(c1)CCC2)N(CCCl)C1CCCC1. The molecule has 0 saturated heterocycles. The van der Waals surface area contributed by atoms with Crippen LogP contribution in [0.25, 0.3) is 0 Å². The number of rotatable bonds is 4. The van der Waals surface area contributed by atoms with Gasteiger partial charge in [-0.15, -0.1) is 11.6 Å². The van der Waals surface area contributed by atoms with Crippen molar-refractivity contribution in [3.63, 3.8) is 0 Å². The molecule has 1 aromatic rings. The summed E-state index contributed by atoms with van der Waals surface area (Å²) in [6, 6.07) is 6.65. The molecule has 0 heterocycles. The van der Waals surface area contributed by atoms with E-state index in [1.807, 2.05) is 11.0 Å². The average Bonchev–Trinajstić information content (AvgIpc) is 3.13. The van der Waals surface area contributed by atoms with Gasteiger partial charge in [0.2, 0.25) is 0 Å². The summed E-state index contributed by atoms with van der Waals surface area (Å²) in [7, 11) is 0. The smallest absolute Gasteiger partial charge is 0.254 e. The lowest BCUT2D eigenvalue weighted by Crippen LogP contribution is -2.40. The number of hydrogen-bond acceptors (Lipinski definition) is 1. The summed E-state index contributed by atoms with van der Waals surface area (Å²) in [6.45, 7) is 0.669. The van der Waals surface area contributed by atoms with Crippen molar-refractivity contribution >= 4 is 17.5 Å². The van der Waals surface area contributed by atoms with Gasteiger partial charge in [-0.25, -0.2) is 0 Å². The molecule has 0 aliphatic heterocycles. The van der Waals surface area contributed by atoms with Gasteiger partial charge in [-0.1, -0.05) is 18.9 Å². The second-order valence-electron chi connectivity index (χ2n) is 5.96. The molecule has 20 heavy (non-hydrogen) atoms. The third-order valence-corrected chi connectivity index (χ3v) is 4.87. The highest BCUT2D eigenvalue weighted by atomic mass is 35.5. The number of nitrogens with zero attached hydrogens (tertiary/aromatic N) is 1. The number of hydrogen-bond donors (Lipinski definition) is 0. The molecule has 2 nitrogen and oxygen atoms in total. The molecule has 3 rings (SSSR count). The first-order chi connectivity index (χ1) is 9.79. The van der Waals surface area contributed by atoms with E-state index in [4.69, 9.17) is 11.6 Å². The van der Waals surface area contributed by atoms with Gasteiger partial charge < -0.3 is 4.90 Å². The first-order valence-electron chi connectivity index (χ1n) is 7.78. The van der Waals surface area contributed by atoms with E-state index >= 15 is 0 Å². The van der Waals surface area contributed by atoms with Crippen molar-refractivity contribution in [3.8, 4) is 0 Å². The van der Waals surface area contributed by atoms with Crippen LogP contribution in [0.15, 0.2) is 18.2 Å². The van der Waals surface area contributed by atoms with Gasteiger partial charge >= 0.3 is 0 Å². The number of alkyl halides is 1. The monoisotopic (exact) mass is 291 g/mol. The van der Waals surface area contributed by atoms with E-state index < -0.39 is 0 Å². The zero-order valence-electron chi connectivity index (χ0n) is 11.9. The highest BCUT2D eigenvalue weighted by molar-refractivity contribution is 6.18. The van der Waals surface area contributed by atoms with Crippen LogP contribution in [0.3, 0.4) is 0 Å². The van der Waals surface area contributed by atoms with Gasteiger partial charge in [0.15, 0.2) is 0 Å². The standard InChI is InChI=1S/C17H22ClNO/c18-10-11-19(16-6-1-2-7-16)17(20)15-9-8-13-4-3-5-14(13)12-15/h8-9,12,16H,1-7,10-11H2. The van der Waals surface area contributed by atoms with Crippen LogP contribution in [0.5, 0.6) is 0 Å². The van der Waals surface area contributed by atoms with Crippen molar-refractivity contribution in [2.75, 3.05) is 12.4 Å². The molecule has 0 atom stereocenters. The normalized spacial score (nSPS) is 18.2. The van der Waals surface area contributed by atoms with Gasteiger partial charge in [-0.05, 0) is 55.4 Å². The Morgan fingerprint density at radius 2 is 1.90 bits per heavy atom. The minimum absolute atomic E-state index is 0.173. The molecule has 3 heteroatoms. The number of amides is 1. The molecule has 1 amide bonds. The number of carbonyl (C=O) groups excluding carboxylic acids is 1. The Bertz CT molecular complexity index is 494. The summed E-state index contributed by atoms with van der Waals surface area (Å²) < 4.78 is 0. The maximum absolute atomic E-state index is 12.8. The fourth-order valence-electron chi connectivity index (χ4n) is 3.63. The van der Waals surface area contributed by atoms with E-state index in [1.54, 1.807) is 0 Å². The van der Waals surface area contributed by atoms with Crippen LogP contribution in [0.2, 0.25) is 0 Å². The van der Waals surface area contributed by atoms with E-state index in [1.165, 1.54) is 30.4 Å². The lowest BCUT2D eigenvalue weighted by molar-refractivity contribution is 0.0695. The Hall–Kier alpha value is -1.02. The van der Waals surface area contributed by atoms with Crippen molar-refractivity contribution in [1.82, 2.24) is 4.90 Å². The first kappa shape index (κ1) is 13.9. The van der Waals surface area contributed by atoms with Gasteiger partial charge in [0.05, 0.1) is 0 Å². The fraction of sp³-hybridized carbons (Fsp3) is 0.588. The Balaban J connectivity index is 1.81. The van der Waals surface area contributed by atoms with E-state index in [9.17, 15) is 4.79 Å². The quantitative estimate of drug-likeness (QED) is 0.773. The van der Waals surface area contributed by atoms with Crippen LogP contribution in [0.4, 0.5) is 0 Å². The minimum atomic E-state index is 0.173. The number of benzene rings is 1. The Labute approximate surface area is 126 Å². The highest BCUT2D eigenvalue weighted by Gasteiger charge is 2.27. The number of carbonyl (C=O) groups is 1. The molecule has 1 saturated carbocycles. The topological polar surface area (TPSA) is 20.3 Å². The molecule has 0 bridgehead atoms. The minimum Gasteiger partial charge on any atom is -0.334 e. The van der Waals surface area contributed by atoms with Crippen LogP contribution in [0.1, 0.15) is 53.6 Å². The molecule has 0 aromatic heterocycles. The maximum Gasteiger partial charge on any atom is 0.254 e. The van der Waals surface area contributed by atoms with Crippen molar-refractivity contribution < 1.29 is 4.79 Å². The predicted octanol–water partition coefficient (Wildman–Crippen LogP) is 3.80. The summed E-state index contributed by atoms with van der Waals surface area (Å²) in [6.07, 6.45) is 8.25. The lowest BCUT2D eigenvalue weighted by Gasteiger charge is -2.28. The molecular weight excluding hydrogens is 270 g/mol. The molecule has 108 valence electrons. The average molecular weight is 292 g/mol. The fourth-order valence-corrected chi connectivity index (χ4v) is 3.81. The second kappa shape index (κ2) is 6.17. The van der Waals surface area contributed by atoms with Crippen molar-refractivity contribution in [2.24, 2.45) is 0 Å². The molecule has 0 radical (unpaired) electrons. The summed E-state index contributed by atoms with van der Waals surface area (Å²) in [5.41, 5.74) is 3.64. The first-order valence-corrected chi connectivity index (χ1v) is 8.32. The van der Waals surface area contributed by atoms with Crippen LogP contribution in [-0.4, -0.2) is 29.3 Å². The molecule has 1 fully saturated rings. The zero-order chi connectivity index (χ0) is 13.9. The van der Waals surface area contributed by atoms with Crippen molar-refractivity contribution in [1.29, 1.82) is 0 Å². The summed E-state index contributed by atoms with van der Waals surface area (Å²) in [5, 5.41) is 0. The van der Waals surface area contributed by atoms with Crippen molar-refractivity contribution in [3.05, 3.63) is 34.9 Å². The third kappa shape index (κ3) is 2.71. The highest BCUT2D eigenvalue weighted by Crippen LogP contribution is 2.27. The van der Waals surface area contributed by atoms with Crippen LogP contribution in [0, 0.1) is 0 Å². The third-order valence-electron chi connectivity index (χ3n) is 4.70. The van der Waals surface area contributed by atoms with Crippen molar-refractivity contribution in [2.45, 2.75) is 51.0 Å². The van der Waals surface area contributed by atoms with Gasteiger partial charge in [-0.3, -0.25) is 4.79 Å². The summed E-state index contributed by atoms with van der Waals surface area (Å²) in [4.78, 5) is 14.8. The van der Waals surface area contributed by atoms with E-state index in [0.29, 0.717) is 18.5 Å². The maximum atomic E-state index is 12.8. The molecule has 1 aromatic carbocycles. The number of fused-ring (bicyclic) bond motifs is 1. The number of halogens is 1. The molecule has 0 N–H and O–H groups in total. The Morgan fingerprint density at radius 3 is 2.65 bits per heavy atom. The molecular formula is C17H22ClNO. The van der Waals surface area contributed by atoms with Crippen LogP contribution < -0.4 is 0 Å². The van der Waals surface area contributed by atoms with Crippen LogP contribution >= 0.6 is 11.6 Å². The largest absolute Gasteiger partial charge is 0.334 e. The molecule has 0 spiro atoms. The van der Waals surface area contributed by atoms with Gasteiger partial charge in [0, 0.05) is 24.0 Å². The van der Waals surface area contributed by atoms with E-state index in [2.05, 4.69) is 12.1 Å². The zero-order valence-corrected chi connectivity index (χ0v) is 12.7. The second-order valence-corrected chi connectivity index (χ2v) is 6.34. The molecule has 0 unspecified atom stereocenters. The summed E-state index contributed by atoms with van der Waals surface area (Å²) in [5.74, 6) is 0.694. The Morgan fingerprint density at radius 1 is 1.15 bits per heavy atom. The lowest BCUT2D eigenvalue weighted by atomic mass is 10.0. The Kier molecular flexibility index (Phi) is 4.30. The van der Waals surface area contributed by atoms with Gasteiger partial charge in [-0.2, -0.15) is 0 Å². The molecule has 2 aliphatic rings. The van der Waals surface area contributed by atoms with Gasteiger partial charge in [0.1, 0.15) is 0 Å². The van der Waals surface area contributed by atoms with E-state index in [0.717, 1.165) is 31.2 Å². The molecule has 2 aliphatic carbocycles. The number of aryl methyl sites for hydroxylation is 2. The van der Waals surface area contributed by atoms with E-state index in [-0.39, 0.29) is 5.91 Å². The van der Waals surface area contributed by atoms with Crippen LogP contribution in [-0.2, 0) is 12.8 Å². The summed E-state index contributed by atoms with van der Waals surface area (Å²) >= 11 is 5.91.